The number of likely N-dealkylation sites (N-methyl/N-ethyl adjacent to an activating group) is 1. The normalized spacial score (nSPS) is 11.2. The summed E-state index contributed by atoms with van der Waals surface area (Å²) in [6, 6.07) is 4.74. The molecule has 0 radical (unpaired) electrons. The molecule has 0 atom stereocenters. The lowest BCUT2D eigenvalue weighted by atomic mass is 10.2. The molecule has 0 heterocycles. The fourth-order valence-electron chi connectivity index (χ4n) is 1.61. The Bertz CT molecular complexity index is 596. The van der Waals surface area contributed by atoms with Crippen molar-refractivity contribution in [2.45, 2.75) is 19.9 Å². The predicted molar refractivity (Wildman–Crippen MR) is 78.6 cm³/mol. The molecule has 0 bridgehead atoms. The number of amides is 2. The van der Waals surface area contributed by atoms with Gasteiger partial charge in [-0.2, -0.15) is 0 Å². The van der Waals surface area contributed by atoms with Crippen LogP contribution < -0.4 is 4.90 Å². The maximum absolute atomic E-state index is 12.9. The van der Waals surface area contributed by atoms with Gasteiger partial charge in [0.2, 0.25) is 6.41 Å². The first-order valence-corrected chi connectivity index (χ1v) is 6.49. The maximum Gasteiger partial charge on any atom is 0.342 e. The van der Waals surface area contributed by atoms with Crippen LogP contribution in [0.2, 0.25) is 0 Å². The zero-order chi connectivity index (χ0) is 16.9. The molecule has 0 aliphatic rings. The highest BCUT2D eigenvalue weighted by atomic mass is 19.1. The van der Waals surface area contributed by atoms with Gasteiger partial charge in [-0.25, -0.2) is 9.18 Å². The van der Waals surface area contributed by atoms with Crippen LogP contribution in [0.15, 0.2) is 36.0 Å². The van der Waals surface area contributed by atoms with Gasteiger partial charge in [0.15, 0.2) is 0 Å². The fourth-order valence-corrected chi connectivity index (χ4v) is 1.61. The van der Waals surface area contributed by atoms with Gasteiger partial charge in [0, 0.05) is 25.0 Å². The van der Waals surface area contributed by atoms with Crippen LogP contribution in [0.3, 0.4) is 0 Å². The Balaban J connectivity index is 3.13. The van der Waals surface area contributed by atoms with Crippen molar-refractivity contribution in [3.8, 4) is 0 Å². The van der Waals surface area contributed by atoms with E-state index in [1.807, 2.05) is 0 Å². The third-order valence-electron chi connectivity index (χ3n) is 2.98. The number of hydrogen-bond acceptors (Lipinski definition) is 3. The highest BCUT2D eigenvalue weighted by Crippen LogP contribution is 2.16. The first-order chi connectivity index (χ1) is 10.3. The van der Waals surface area contributed by atoms with Crippen LogP contribution >= 0.6 is 0 Å². The Morgan fingerprint density at radius 2 is 1.77 bits per heavy atom. The van der Waals surface area contributed by atoms with E-state index in [1.165, 1.54) is 19.2 Å². The van der Waals surface area contributed by atoms with Gasteiger partial charge in [-0.05, 0) is 38.1 Å². The van der Waals surface area contributed by atoms with E-state index in [9.17, 15) is 23.9 Å². The smallest absolute Gasteiger partial charge is 0.342 e. The van der Waals surface area contributed by atoms with Gasteiger partial charge in [0.05, 0.1) is 0 Å². The van der Waals surface area contributed by atoms with Crippen LogP contribution in [-0.4, -0.2) is 41.4 Å². The van der Waals surface area contributed by atoms with E-state index in [0.29, 0.717) is 12.1 Å². The first kappa shape index (κ1) is 17.4. The van der Waals surface area contributed by atoms with E-state index >= 15 is 0 Å². The predicted octanol–water partition coefficient (Wildman–Crippen LogP) is 1.62. The van der Waals surface area contributed by atoms with Gasteiger partial charge in [-0.3, -0.25) is 9.59 Å². The number of carboxylic acids is 1. The van der Waals surface area contributed by atoms with Crippen molar-refractivity contribution < 1.29 is 23.9 Å². The van der Waals surface area contributed by atoms with Gasteiger partial charge in [0.1, 0.15) is 11.4 Å². The summed E-state index contributed by atoms with van der Waals surface area (Å²) in [6.07, 6.45) is 1.43. The molecule has 22 heavy (non-hydrogen) atoms. The minimum absolute atomic E-state index is 0.296. The number of aliphatic carboxylic acids is 1. The molecule has 0 saturated heterocycles. The summed E-state index contributed by atoms with van der Waals surface area (Å²) in [5.41, 5.74) is -0.228. The molecule has 0 aromatic heterocycles. The molecule has 1 aromatic rings. The fraction of sp³-hybridized carbons (Fsp3) is 0.267. The lowest BCUT2D eigenvalue weighted by molar-refractivity contribution is -0.134. The Labute approximate surface area is 127 Å². The van der Waals surface area contributed by atoms with E-state index in [1.54, 1.807) is 13.8 Å². The molecule has 0 unspecified atom stereocenters. The van der Waals surface area contributed by atoms with Gasteiger partial charge in [0.25, 0.3) is 5.91 Å². The van der Waals surface area contributed by atoms with E-state index in [0.717, 1.165) is 28.1 Å². The van der Waals surface area contributed by atoms with Crippen molar-refractivity contribution in [2.24, 2.45) is 0 Å². The summed E-state index contributed by atoms with van der Waals surface area (Å²) >= 11 is 0. The summed E-state index contributed by atoms with van der Waals surface area (Å²) in [6.45, 7) is 3.36. The molecule has 6 nitrogen and oxygen atoms in total. The molecular formula is C15H17FN2O4. The van der Waals surface area contributed by atoms with Crippen molar-refractivity contribution in [3.05, 3.63) is 41.9 Å². The molecule has 0 aliphatic heterocycles. The Morgan fingerprint density at radius 3 is 2.18 bits per heavy atom. The summed E-state index contributed by atoms with van der Waals surface area (Å²) in [7, 11) is 1.37. The Hall–Kier alpha value is -2.70. The second-order valence-corrected chi connectivity index (χ2v) is 4.83. The molecule has 1 aromatic carbocycles. The molecule has 2 amide bonds. The third-order valence-corrected chi connectivity index (χ3v) is 2.98. The topological polar surface area (TPSA) is 77.9 Å². The number of nitrogens with zero attached hydrogens (tertiary/aromatic N) is 2. The Kier molecular flexibility index (Phi) is 5.80. The van der Waals surface area contributed by atoms with E-state index in [2.05, 4.69) is 0 Å². The van der Waals surface area contributed by atoms with E-state index < -0.39 is 23.3 Å². The molecule has 0 fully saturated rings. The highest BCUT2D eigenvalue weighted by Gasteiger charge is 2.24. The summed E-state index contributed by atoms with van der Waals surface area (Å²) in [4.78, 5) is 36.7. The quantitative estimate of drug-likeness (QED) is 0.375. The van der Waals surface area contributed by atoms with Crippen LogP contribution in [0.25, 0.3) is 0 Å². The van der Waals surface area contributed by atoms with Crippen molar-refractivity contribution in [1.29, 1.82) is 0 Å². The average molecular weight is 308 g/mol. The van der Waals surface area contributed by atoms with Crippen molar-refractivity contribution in [2.75, 3.05) is 11.9 Å². The number of halogens is 1. The lowest BCUT2D eigenvalue weighted by Crippen LogP contribution is -2.33. The minimum Gasteiger partial charge on any atom is -0.477 e. The average Bonchev–Trinajstić information content (AvgIpc) is 2.47. The number of rotatable bonds is 6. The molecule has 118 valence electrons. The number of carbonyl (C=O) groups is 3. The number of carbonyl (C=O) groups excluding carboxylic acids is 2. The van der Waals surface area contributed by atoms with Crippen LogP contribution in [-0.2, 0) is 14.4 Å². The second-order valence-electron chi connectivity index (χ2n) is 4.83. The van der Waals surface area contributed by atoms with Crippen molar-refractivity contribution >= 4 is 24.0 Å². The maximum atomic E-state index is 12.9. The molecule has 0 saturated carbocycles. The zero-order valence-corrected chi connectivity index (χ0v) is 12.5. The van der Waals surface area contributed by atoms with Crippen LogP contribution in [0.5, 0.6) is 0 Å². The largest absolute Gasteiger partial charge is 0.477 e. The monoisotopic (exact) mass is 308 g/mol. The Morgan fingerprint density at radius 1 is 1.23 bits per heavy atom. The van der Waals surface area contributed by atoms with Gasteiger partial charge in [-0.1, -0.05) is 0 Å². The summed E-state index contributed by atoms with van der Waals surface area (Å²) < 4.78 is 12.9. The number of anilines is 1. The lowest BCUT2D eigenvalue weighted by Gasteiger charge is -2.21. The molecule has 7 heteroatoms. The number of carboxylic acid groups (broad SMARTS) is 1. The van der Waals surface area contributed by atoms with Gasteiger partial charge < -0.3 is 14.9 Å². The standard InChI is InChI=1S/C15H17FN2O4/c1-10(2)18(9-19)8-13(15(21)22)14(20)17(3)12-6-4-11(16)5-7-12/h4-10H,1-3H3,(H,21,22)/b13-8+. The molecule has 1 N–H and O–H groups in total. The molecule has 0 spiro atoms. The van der Waals surface area contributed by atoms with Crippen LogP contribution in [0.1, 0.15) is 13.8 Å². The highest BCUT2D eigenvalue weighted by molar-refractivity contribution is 6.21. The summed E-state index contributed by atoms with van der Waals surface area (Å²) in [5, 5.41) is 9.19. The first-order valence-electron chi connectivity index (χ1n) is 6.49. The zero-order valence-electron chi connectivity index (χ0n) is 12.5. The molecular weight excluding hydrogens is 291 g/mol. The third kappa shape index (κ3) is 4.15. The van der Waals surface area contributed by atoms with Crippen LogP contribution in [0, 0.1) is 5.82 Å². The van der Waals surface area contributed by atoms with E-state index in [-0.39, 0.29) is 6.04 Å². The molecule has 1 rings (SSSR count). The summed E-state index contributed by atoms with van der Waals surface area (Å²) in [5.74, 6) is -2.73. The minimum atomic E-state index is -1.45. The number of benzene rings is 1. The number of hydrogen-bond donors (Lipinski definition) is 1. The van der Waals surface area contributed by atoms with Crippen molar-refractivity contribution in [1.82, 2.24) is 4.90 Å². The van der Waals surface area contributed by atoms with Gasteiger partial charge in [-0.15, -0.1) is 0 Å². The SMILES string of the molecule is CC(C)N(C=O)/C=C(/C(=O)O)C(=O)N(C)c1ccc(F)cc1. The van der Waals surface area contributed by atoms with E-state index in [4.69, 9.17) is 0 Å². The van der Waals surface area contributed by atoms with Crippen molar-refractivity contribution in [3.63, 3.8) is 0 Å². The van der Waals surface area contributed by atoms with Gasteiger partial charge >= 0.3 is 5.97 Å². The van der Waals surface area contributed by atoms with Crippen LogP contribution in [0.4, 0.5) is 10.1 Å². The second kappa shape index (κ2) is 7.35. The molecule has 0 aliphatic carbocycles.